The number of hydrogen-bond acceptors (Lipinski definition) is 6. The van der Waals surface area contributed by atoms with E-state index in [4.69, 9.17) is 9.47 Å². The molecule has 0 radical (unpaired) electrons. The Bertz CT molecular complexity index is 931. The first-order valence-electron chi connectivity index (χ1n) is 12.9. The van der Waals surface area contributed by atoms with Gasteiger partial charge in [-0.3, -0.25) is 14.4 Å². The third-order valence-corrected chi connectivity index (χ3v) is 5.44. The monoisotopic (exact) mass is 519 g/mol. The zero-order valence-corrected chi connectivity index (χ0v) is 24.1. The van der Waals surface area contributed by atoms with Gasteiger partial charge in [-0.15, -0.1) is 0 Å². The molecule has 0 aliphatic heterocycles. The standard InChI is InChI=1S/C28H45N3O6/c1-11-36-22(32)12-13-29-25(33)24(21-15-19(6)14-20(7)16-21)31(18(4)5)26(34)23(17(2)3)30-27(35)37-28(8,9)10/h14-18,23-24H,11-13H2,1-10H3,(H,29,33)(H,30,35). The van der Waals surface area contributed by atoms with E-state index in [-0.39, 0.29) is 31.5 Å². The van der Waals surface area contributed by atoms with Gasteiger partial charge in [-0.2, -0.15) is 0 Å². The number of ether oxygens (including phenoxy) is 2. The van der Waals surface area contributed by atoms with Crippen molar-refractivity contribution in [3.63, 3.8) is 0 Å². The quantitative estimate of drug-likeness (QED) is 0.424. The zero-order chi connectivity index (χ0) is 28.5. The average molecular weight is 520 g/mol. The van der Waals surface area contributed by atoms with Crippen LogP contribution in [-0.2, 0) is 23.9 Å². The van der Waals surface area contributed by atoms with Crippen LogP contribution in [0.25, 0.3) is 0 Å². The van der Waals surface area contributed by atoms with Crippen molar-refractivity contribution in [1.29, 1.82) is 0 Å². The first kappa shape index (κ1) is 31.9. The summed E-state index contributed by atoms with van der Waals surface area (Å²) in [5.74, 6) is -1.51. The molecule has 208 valence electrons. The molecule has 3 amide bonds. The molecule has 0 saturated carbocycles. The van der Waals surface area contributed by atoms with Crippen LogP contribution in [0.4, 0.5) is 4.79 Å². The molecule has 0 aliphatic rings. The summed E-state index contributed by atoms with van der Waals surface area (Å²) in [6.07, 6.45) is -0.686. The molecular weight excluding hydrogens is 474 g/mol. The molecule has 1 aromatic rings. The van der Waals surface area contributed by atoms with Gasteiger partial charge in [0, 0.05) is 12.6 Å². The fourth-order valence-corrected chi connectivity index (χ4v) is 4.01. The maximum absolute atomic E-state index is 14.0. The highest BCUT2D eigenvalue weighted by molar-refractivity contribution is 5.92. The van der Waals surface area contributed by atoms with Gasteiger partial charge in [0.15, 0.2) is 0 Å². The van der Waals surface area contributed by atoms with E-state index >= 15 is 0 Å². The van der Waals surface area contributed by atoms with Crippen molar-refractivity contribution in [2.45, 2.75) is 99.4 Å². The Morgan fingerprint density at radius 1 is 0.973 bits per heavy atom. The lowest BCUT2D eigenvalue weighted by Crippen LogP contribution is -2.56. The lowest BCUT2D eigenvalue weighted by atomic mass is 9.95. The highest BCUT2D eigenvalue weighted by atomic mass is 16.6. The summed E-state index contributed by atoms with van der Waals surface area (Å²) in [7, 11) is 0. The summed E-state index contributed by atoms with van der Waals surface area (Å²) in [5, 5.41) is 5.50. The van der Waals surface area contributed by atoms with Gasteiger partial charge in [-0.05, 0) is 66.9 Å². The number of rotatable bonds is 11. The van der Waals surface area contributed by atoms with Crippen molar-refractivity contribution in [3.05, 3.63) is 34.9 Å². The molecular formula is C28H45N3O6. The fourth-order valence-electron chi connectivity index (χ4n) is 4.01. The second-order valence-corrected chi connectivity index (χ2v) is 10.9. The number of hydrogen-bond donors (Lipinski definition) is 2. The van der Waals surface area contributed by atoms with E-state index in [0.29, 0.717) is 5.56 Å². The number of esters is 1. The van der Waals surface area contributed by atoms with Crippen LogP contribution in [0.1, 0.15) is 84.5 Å². The molecule has 1 rings (SSSR count). The van der Waals surface area contributed by atoms with Crippen LogP contribution in [0, 0.1) is 19.8 Å². The highest BCUT2D eigenvalue weighted by Gasteiger charge is 2.39. The van der Waals surface area contributed by atoms with E-state index in [0.717, 1.165) is 11.1 Å². The van der Waals surface area contributed by atoms with Gasteiger partial charge in [0.1, 0.15) is 17.7 Å². The van der Waals surface area contributed by atoms with Crippen LogP contribution in [-0.4, -0.2) is 59.6 Å². The molecule has 2 atom stereocenters. The number of nitrogens with zero attached hydrogens (tertiary/aromatic N) is 1. The third-order valence-electron chi connectivity index (χ3n) is 5.44. The molecule has 0 aliphatic carbocycles. The first-order valence-corrected chi connectivity index (χ1v) is 12.9. The van der Waals surface area contributed by atoms with Crippen LogP contribution in [0.2, 0.25) is 0 Å². The smallest absolute Gasteiger partial charge is 0.408 e. The molecule has 37 heavy (non-hydrogen) atoms. The SMILES string of the molecule is CCOC(=O)CCNC(=O)C(c1cc(C)cc(C)c1)N(C(=O)C(NC(=O)OC(C)(C)C)C(C)C)C(C)C. The predicted octanol–water partition coefficient (Wildman–Crippen LogP) is 4.20. The molecule has 0 aromatic heterocycles. The van der Waals surface area contributed by atoms with E-state index in [9.17, 15) is 19.2 Å². The van der Waals surface area contributed by atoms with E-state index in [1.165, 1.54) is 4.90 Å². The number of benzene rings is 1. The summed E-state index contributed by atoms with van der Waals surface area (Å²) in [6.45, 7) is 18.4. The van der Waals surface area contributed by atoms with E-state index in [1.54, 1.807) is 27.7 Å². The normalized spacial score (nSPS) is 13.1. The lowest BCUT2D eigenvalue weighted by Gasteiger charge is -2.38. The average Bonchev–Trinajstić information content (AvgIpc) is 2.72. The summed E-state index contributed by atoms with van der Waals surface area (Å²) >= 11 is 0. The van der Waals surface area contributed by atoms with Crippen LogP contribution in [0.3, 0.4) is 0 Å². The van der Waals surface area contributed by atoms with Crippen molar-refractivity contribution in [2.75, 3.05) is 13.2 Å². The Kier molecular flexibility index (Phi) is 12.1. The summed E-state index contributed by atoms with van der Waals surface area (Å²) in [4.78, 5) is 53.4. The Morgan fingerprint density at radius 2 is 1.54 bits per heavy atom. The van der Waals surface area contributed by atoms with Gasteiger partial charge >= 0.3 is 12.1 Å². The molecule has 2 N–H and O–H groups in total. The maximum Gasteiger partial charge on any atom is 0.408 e. The second kappa shape index (κ2) is 14.0. The maximum atomic E-state index is 14.0. The van der Waals surface area contributed by atoms with Crippen molar-refractivity contribution >= 4 is 23.9 Å². The Labute approximate surface area is 221 Å². The van der Waals surface area contributed by atoms with Crippen molar-refractivity contribution in [1.82, 2.24) is 15.5 Å². The molecule has 9 heteroatoms. The van der Waals surface area contributed by atoms with E-state index < -0.39 is 41.6 Å². The Hall–Kier alpha value is -3.10. The molecule has 9 nitrogen and oxygen atoms in total. The molecule has 0 heterocycles. The van der Waals surface area contributed by atoms with Crippen molar-refractivity contribution in [2.24, 2.45) is 5.92 Å². The van der Waals surface area contributed by atoms with Crippen molar-refractivity contribution < 1.29 is 28.7 Å². The topological polar surface area (TPSA) is 114 Å². The molecule has 0 fully saturated rings. The number of carbonyl (C=O) groups is 4. The van der Waals surface area contributed by atoms with Crippen molar-refractivity contribution in [3.8, 4) is 0 Å². The minimum absolute atomic E-state index is 0.0174. The Balaban J connectivity index is 3.42. The molecule has 0 saturated heterocycles. The van der Waals surface area contributed by atoms with Gasteiger partial charge in [0.25, 0.3) is 0 Å². The van der Waals surface area contributed by atoms with Crippen LogP contribution in [0.15, 0.2) is 18.2 Å². The number of nitrogens with one attached hydrogen (secondary N) is 2. The Morgan fingerprint density at radius 3 is 2.00 bits per heavy atom. The summed E-state index contributed by atoms with van der Waals surface area (Å²) in [6, 6.07) is 3.46. The van der Waals surface area contributed by atoms with E-state index in [1.807, 2.05) is 59.7 Å². The minimum Gasteiger partial charge on any atom is -0.466 e. The first-order chi connectivity index (χ1) is 17.1. The molecule has 0 bridgehead atoms. The van der Waals surface area contributed by atoms with Gasteiger partial charge < -0.3 is 25.0 Å². The summed E-state index contributed by atoms with van der Waals surface area (Å²) in [5.41, 5.74) is 1.81. The van der Waals surface area contributed by atoms with Gasteiger partial charge in [-0.25, -0.2) is 4.79 Å². The summed E-state index contributed by atoms with van der Waals surface area (Å²) < 4.78 is 10.3. The lowest BCUT2D eigenvalue weighted by molar-refractivity contribution is -0.146. The number of alkyl carbamates (subject to hydrolysis) is 1. The molecule has 1 aromatic carbocycles. The zero-order valence-electron chi connectivity index (χ0n) is 24.1. The number of amides is 3. The van der Waals surface area contributed by atoms with Crippen LogP contribution >= 0.6 is 0 Å². The van der Waals surface area contributed by atoms with Gasteiger partial charge in [-0.1, -0.05) is 43.2 Å². The third kappa shape index (κ3) is 10.4. The van der Waals surface area contributed by atoms with Gasteiger partial charge in [0.05, 0.1) is 13.0 Å². The highest BCUT2D eigenvalue weighted by Crippen LogP contribution is 2.28. The number of aryl methyl sites for hydroxylation is 2. The molecule has 2 unspecified atom stereocenters. The fraction of sp³-hybridized carbons (Fsp3) is 0.643. The largest absolute Gasteiger partial charge is 0.466 e. The second-order valence-electron chi connectivity index (χ2n) is 10.9. The van der Waals surface area contributed by atoms with Crippen LogP contribution < -0.4 is 10.6 Å². The number of carbonyl (C=O) groups excluding carboxylic acids is 4. The minimum atomic E-state index is -0.977. The van der Waals surface area contributed by atoms with E-state index in [2.05, 4.69) is 10.6 Å². The van der Waals surface area contributed by atoms with Crippen LogP contribution in [0.5, 0.6) is 0 Å². The predicted molar refractivity (Wildman–Crippen MR) is 143 cm³/mol. The molecule has 0 spiro atoms. The van der Waals surface area contributed by atoms with Gasteiger partial charge in [0.2, 0.25) is 11.8 Å².